The van der Waals surface area contributed by atoms with E-state index in [0.717, 1.165) is 11.4 Å². The van der Waals surface area contributed by atoms with Crippen LogP contribution in [-0.2, 0) is 4.79 Å². The van der Waals surface area contributed by atoms with Crippen LogP contribution in [0.15, 0.2) is 12.4 Å². The first kappa shape index (κ1) is 12.6. The van der Waals surface area contributed by atoms with E-state index in [9.17, 15) is 4.79 Å². The van der Waals surface area contributed by atoms with E-state index in [1.165, 1.54) is 0 Å². The number of carbonyl (C=O) groups is 1. The van der Waals surface area contributed by atoms with Gasteiger partial charge in [0.15, 0.2) is 0 Å². The third-order valence-electron chi connectivity index (χ3n) is 2.65. The zero-order chi connectivity index (χ0) is 12.1. The summed E-state index contributed by atoms with van der Waals surface area (Å²) in [6.45, 7) is 4.41. The molecule has 5 heteroatoms. The first-order chi connectivity index (χ1) is 7.52. The molecule has 1 atom stereocenters. The molecule has 1 aromatic rings. The lowest BCUT2D eigenvalue weighted by molar-refractivity contribution is -0.137. The van der Waals surface area contributed by atoms with Crippen molar-refractivity contribution in [3.63, 3.8) is 0 Å². The van der Waals surface area contributed by atoms with Gasteiger partial charge < -0.3 is 5.11 Å². The van der Waals surface area contributed by atoms with Gasteiger partial charge in [-0.2, -0.15) is 0 Å². The van der Waals surface area contributed by atoms with Crippen molar-refractivity contribution < 1.29 is 9.90 Å². The summed E-state index contributed by atoms with van der Waals surface area (Å²) >= 11 is 0. The normalized spacial score (nSPS) is 12.8. The molecule has 0 aliphatic carbocycles. The van der Waals surface area contributed by atoms with Crippen LogP contribution >= 0.6 is 0 Å². The third kappa shape index (κ3) is 3.27. The molecule has 16 heavy (non-hydrogen) atoms. The molecule has 1 aromatic heterocycles. The van der Waals surface area contributed by atoms with E-state index < -0.39 is 5.97 Å². The molecule has 1 N–H and O–H groups in total. The topological polar surface area (TPSA) is 66.3 Å². The molecule has 0 radical (unpaired) electrons. The number of aliphatic carboxylic acids is 1. The Hall–Kier alpha value is -1.49. The Morgan fingerprint density at radius 1 is 1.50 bits per heavy atom. The predicted octanol–water partition coefficient (Wildman–Crippen LogP) is 1.25. The summed E-state index contributed by atoms with van der Waals surface area (Å²) in [5.41, 5.74) is 1.78. The Morgan fingerprint density at radius 3 is 2.69 bits per heavy atom. The summed E-state index contributed by atoms with van der Waals surface area (Å²) in [4.78, 5) is 20.9. The van der Waals surface area contributed by atoms with Crippen LogP contribution in [0.2, 0.25) is 0 Å². The molecule has 88 valence electrons. The average molecular weight is 223 g/mol. The van der Waals surface area contributed by atoms with Gasteiger partial charge in [0.2, 0.25) is 0 Å². The van der Waals surface area contributed by atoms with Crippen LogP contribution < -0.4 is 0 Å². The summed E-state index contributed by atoms with van der Waals surface area (Å²) in [5.74, 6) is -0.782. The monoisotopic (exact) mass is 223 g/mol. The van der Waals surface area contributed by atoms with Crippen molar-refractivity contribution in [3.8, 4) is 0 Å². The molecular formula is C11H17N3O2. The highest BCUT2D eigenvalue weighted by atomic mass is 16.4. The smallest absolute Gasteiger partial charge is 0.304 e. The number of nitrogens with zero attached hydrogens (tertiary/aromatic N) is 3. The first-order valence-corrected chi connectivity index (χ1v) is 5.22. The highest BCUT2D eigenvalue weighted by Gasteiger charge is 2.16. The van der Waals surface area contributed by atoms with E-state index in [2.05, 4.69) is 9.97 Å². The van der Waals surface area contributed by atoms with Crippen LogP contribution in [0.25, 0.3) is 0 Å². The maximum Gasteiger partial charge on any atom is 0.304 e. The van der Waals surface area contributed by atoms with E-state index in [0.29, 0.717) is 6.54 Å². The minimum Gasteiger partial charge on any atom is -0.481 e. The number of rotatable bonds is 5. The number of hydrogen-bond donors (Lipinski definition) is 1. The lowest BCUT2D eigenvalue weighted by Gasteiger charge is -2.24. The standard InChI is InChI=1S/C11H17N3O2/c1-8-11(13-6-5-12-8)9(2)14(3)7-4-10(15)16/h5-6,9H,4,7H2,1-3H3,(H,15,16). The molecule has 0 spiro atoms. The van der Waals surface area contributed by atoms with E-state index in [4.69, 9.17) is 5.11 Å². The molecule has 0 aliphatic heterocycles. The Labute approximate surface area is 95.1 Å². The lowest BCUT2D eigenvalue weighted by atomic mass is 10.1. The van der Waals surface area contributed by atoms with Crippen LogP contribution in [0, 0.1) is 6.92 Å². The second-order valence-corrected chi connectivity index (χ2v) is 3.83. The summed E-state index contributed by atoms with van der Waals surface area (Å²) in [5, 5.41) is 8.61. The van der Waals surface area contributed by atoms with Gasteiger partial charge in [0, 0.05) is 18.9 Å². The van der Waals surface area contributed by atoms with E-state index in [1.807, 2.05) is 25.8 Å². The zero-order valence-electron chi connectivity index (χ0n) is 9.84. The maximum absolute atomic E-state index is 10.5. The Kier molecular flexibility index (Phi) is 4.37. The highest BCUT2D eigenvalue weighted by molar-refractivity contribution is 5.66. The Morgan fingerprint density at radius 2 is 2.12 bits per heavy atom. The maximum atomic E-state index is 10.5. The molecule has 0 fully saturated rings. The van der Waals surface area contributed by atoms with Gasteiger partial charge >= 0.3 is 5.97 Å². The first-order valence-electron chi connectivity index (χ1n) is 5.22. The Balaban J connectivity index is 2.66. The Bertz CT molecular complexity index is 368. The minimum absolute atomic E-state index is 0.0769. The molecule has 1 unspecified atom stereocenters. The number of aromatic nitrogens is 2. The van der Waals surface area contributed by atoms with Crippen molar-refractivity contribution in [1.82, 2.24) is 14.9 Å². The summed E-state index contributed by atoms with van der Waals surface area (Å²) in [7, 11) is 1.89. The summed E-state index contributed by atoms with van der Waals surface area (Å²) in [6.07, 6.45) is 3.45. The molecule has 0 aliphatic rings. The van der Waals surface area contributed by atoms with Crippen molar-refractivity contribution in [2.75, 3.05) is 13.6 Å². The largest absolute Gasteiger partial charge is 0.481 e. The fraction of sp³-hybridized carbons (Fsp3) is 0.545. The van der Waals surface area contributed by atoms with Crippen LogP contribution in [0.4, 0.5) is 0 Å². The van der Waals surface area contributed by atoms with E-state index in [-0.39, 0.29) is 12.5 Å². The third-order valence-corrected chi connectivity index (χ3v) is 2.65. The van der Waals surface area contributed by atoms with Crippen molar-refractivity contribution in [2.45, 2.75) is 26.3 Å². The fourth-order valence-corrected chi connectivity index (χ4v) is 1.50. The number of carboxylic acids is 1. The van der Waals surface area contributed by atoms with Gasteiger partial charge in [-0.1, -0.05) is 0 Å². The van der Waals surface area contributed by atoms with E-state index in [1.54, 1.807) is 12.4 Å². The van der Waals surface area contributed by atoms with Gasteiger partial charge in [-0.3, -0.25) is 19.7 Å². The van der Waals surface area contributed by atoms with Crippen LogP contribution in [0.5, 0.6) is 0 Å². The predicted molar refractivity (Wildman–Crippen MR) is 60.1 cm³/mol. The molecule has 0 amide bonds. The fourth-order valence-electron chi connectivity index (χ4n) is 1.50. The number of carboxylic acid groups (broad SMARTS) is 1. The number of aryl methyl sites for hydroxylation is 1. The van der Waals surface area contributed by atoms with Gasteiger partial charge in [0.1, 0.15) is 0 Å². The summed E-state index contributed by atoms with van der Waals surface area (Å²) in [6, 6.07) is 0.0769. The van der Waals surface area contributed by atoms with Crippen molar-refractivity contribution >= 4 is 5.97 Å². The van der Waals surface area contributed by atoms with E-state index >= 15 is 0 Å². The van der Waals surface area contributed by atoms with Crippen LogP contribution in [0.3, 0.4) is 0 Å². The molecule has 0 bridgehead atoms. The van der Waals surface area contributed by atoms with Gasteiger partial charge in [-0.25, -0.2) is 0 Å². The molecule has 1 rings (SSSR count). The highest BCUT2D eigenvalue weighted by Crippen LogP contribution is 2.18. The molecule has 0 aromatic carbocycles. The van der Waals surface area contributed by atoms with Crippen molar-refractivity contribution in [2.24, 2.45) is 0 Å². The number of hydrogen-bond acceptors (Lipinski definition) is 4. The molecule has 0 saturated heterocycles. The van der Waals surface area contributed by atoms with Gasteiger partial charge in [0.25, 0.3) is 0 Å². The SMILES string of the molecule is Cc1nccnc1C(C)N(C)CCC(=O)O. The summed E-state index contributed by atoms with van der Waals surface area (Å²) < 4.78 is 0. The van der Waals surface area contributed by atoms with Gasteiger partial charge in [-0.15, -0.1) is 0 Å². The van der Waals surface area contributed by atoms with Crippen molar-refractivity contribution in [1.29, 1.82) is 0 Å². The molecule has 1 heterocycles. The van der Waals surface area contributed by atoms with Gasteiger partial charge in [0.05, 0.1) is 23.9 Å². The lowest BCUT2D eigenvalue weighted by Crippen LogP contribution is -2.26. The minimum atomic E-state index is -0.782. The van der Waals surface area contributed by atoms with Crippen LogP contribution in [-0.4, -0.2) is 39.5 Å². The second-order valence-electron chi connectivity index (χ2n) is 3.83. The molecular weight excluding hydrogens is 206 g/mol. The molecule has 0 saturated carbocycles. The second kappa shape index (κ2) is 5.55. The van der Waals surface area contributed by atoms with Crippen LogP contribution in [0.1, 0.15) is 30.8 Å². The van der Waals surface area contributed by atoms with Crippen molar-refractivity contribution in [3.05, 3.63) is 23.8 Å². The average Bonchev–Trinajstić information content (AvgIpc) is 2.25. The zero-order valence-corrected chi connectivity index (χ0v) is 9.84. The van der Waals surface area contributed by atoms with Gasteiger partial charge in [-0.05, 0) is 20.9 Å². The quantitative estimate of drug-likeness (QED) is 0.813. The molecule has 5 nitrogen and oxygen atoms in total.